The number of carboxylic acid groups (broad SMARTS) is 1. The summed E-state index contributed by atoms with van der Waals surface area (Å²) in [5, 5.41) is 10.9. The molecule has 0 spiro atoms. The molecule has 1 fully saturated rings. The number of benzene rings is 2. The summed E-state index contributed by atoms with van der Waals surface area (Å²) in [6, 6.07) is 15.3. The first-order chi connectivity index (χ1) is 14.2. The first-order valence-corrected chi connectivity index (χ1v) is 11.3. The highest BCUT2D eigenvalue weighted by molar-refractivity contribution is 7.91. The van der Waals surface area contributed by atoms with Gasteiger partial charge >= 0.3 is 5.97 Å². The maximum Gasteiger partial charge on any atom is 0.326 e. The van der Waals surface area contributed by atoms with Crippen molar-refractivity contribution in [2.75, 3.05) is 19.3 Å². The normalized spacial score (nSPS) is 18.8. The minimum Gasteiger partial charge on any atom is -0.480 e. The van der Waals surface area contributed by atoms with Crippen LogP contribution in [0.25, 0.3) is 11.1 Å². The monoisotopic (exact) mass is 430 g/mol. The summed E-state index contributed by atoms with van der Waals surface area (Å²) in [5.41, 5.74) is 2.30. The molecule has 2 amide bonds. The fraction of sp³-hybridized carbons (Fsp3) is 0.286. The van der Waals surface area contributed by atoms with Crippen LogP contribution in [-0.2, 0) is 19.4 Å². The van der Waals surface area contributed by atoms with Crippen molar-refractivity contribution in [3.8, 4) is 11.1 Å². The Morgan fingerprint density at radius 1 is 1.03 bits per heavy atom. The van der Waals surface area contributed by atoms with Crippen molar-refractivity contribution in [3.63, 3.8) is 0 Å². The molecule has 0 saturated carbocycles. The van der Waals surface area contributed by atoms with E-state index in [1.54, 1.807) is 24.3 Å². The molecular formula is C21H22N2O6S. The molecule has 158 valence electrons. The van der Waals surface area contributed by atoms with Gasteiger partial charge in [-0.3, -0.25) is 9.59 Å². The lowest BCUT2D eigenvalue weighted by molar-refractivity contribution is -0.147. The highest BCUT2D eigenvalue weighted by Gasteiger charge is 2.43. The number of amides is 2. The Bertz CT molecular complexity index is 1050. The van der Waals surface area contributed by atoms with E-state index < -0.39 is 45.5 Å². The molecule has 1 saturated heterocycles. The Kier molecular flexibility index (Phi) is 6.21. The molecule has 30 heavy (non-hydrogen) atoms. The van der Waals surface area contributed by atoms with E-state index in [1.165, 1.54) is 0 Å². The second-order valence-electron chi connectivity index (χ2n) is 7.21. The second kappa shape index (κ2) is 8.66. The molecule has 2 aromatic carbocycles. The predicted octanol–water partition coefficient (Wildman–Crippen LogP) is 1.18. The van der Waals surface area contributed by atoms with Gasteiger partial charge < -0.3 is 15.3 Å². The summed E-state index contributed by atoms with van der Waals surface area (Å²) in [6.07, 6.45) is 0.861. The maximum atomic E-state index is 12.5. The average molecular weight is 430 g/mol. The van der Waals surface area contributed by atoms with E-state index in [0.29, 0.717) is 5.56 Å². The number of nitrogens with zero attached hydrogens (tertiary/aromatic N) is 1. The number of aliphatic carboxylic acids is 1. The number of likely N-dealkylation sites (tertiary alicyclic amines) is 1. The van der Waals surface area contributed by atoms with Crippen LogP contribution in [0, 0.1) is 0 Å². The largest absolute Gasteiger partial charge is 0.480 e. The van der Waals surface area contributed by atoms with Gasteiger partial charge in [0.2, 0.25) is 5.91 Å². The minimum atomic E-state index is -3.48. The van der Waals surface area contributed by atoms with Crippen molar-refractivity contribution < 1.29 is 27.9 Å². The second-order valence-corrected chi connectivity index (χ2v) is 9.54. The van der Waals surface area contributed by atoms with Crippen LogP contribution in [0.4, 0.5) is 0 Å². The van der Waals surface area contributed by atoms with Crippen molar-refractivity contribution >= 4 is 27.6 Å². The summed E-state index contributed by atoms with van der Waals surface area (Å²) in [6.45, 7) is -0.615. The van der Waals surface area contributed by atoms with Crippen LogP contribution in [0.5, 0.6) is 0 Å². The highest BCUT2D eigenvalue weighted by Crippen LogP contribution is 2.23. The Hall–Kier alpha value is -3.20. The molecule has 9 heteroatoms. The van der Waals surface area contributed by atoms with Crippen molar-refractivity contribution in [2.24, 2.45) is 0 Å². The maximum absolute atomic E-state index is 12.5. The molecule has 0 aromatic heterocycles. The number of carbonyl (C=O) groups is 3. The molecule has 1 heterocycles. The van der Waals surface area contributed by atoms with Gasteiger partial charge in [-0.25, -0.2) is 13.2 Å². The Balaban J connectivity index is 1.62. The zero-order valence-corrected chi connectivity index (χ0v) is 17.1. The van der Waals surface area contributed by atoms with Gasteiger partial charge in [-0.2, -0.15) is 0 Å². The number of carboxylic acids is 1. The Morgan fingerprint density at radius 3 is 2.20 bits per heavy atom. The number of nitrogens with one attached hydrogen (secondary N) is 1. The van der Waals surface area contributed by atoms with Crippen LogP contribution in [0.1, 0.15) is 16.8 Å². The van der Waals surface area contributed by atoms with Gasteiger partial charge in [-0.15, -0.1) is 0 Å². The van der Waals surface area contributed by atoms with Crippen LogP contribution >= 0.6 is 0 Å². The number of hydrogen-bond donors (Lipinski definition) is 2. The number of rotatable bonds is 6. The Labute approximate surface area is 174 Å². The summed E-state index contributed by atoms with van der Waals surface area (Å²) < 4.78 is 23.5. The van der Waals surface area contributed by atoms with Crippen molar-refractivity contribution in [1.29, 1.82) is 0 Å². The summed E-state index contributed by atoms with van der Waals surface area (Å²) in [5.74, 6) is -2.38. The van der Waals surface area contributed by atoms with Crippen LogP contribution in [0.15, 0.2) is 54.6 Å². The quantitative estimate of drug-likeness (QED) is 0.710. The van der Waals surface area contributed by atoms with Gasteiger partial charge in [-0.1, -0.05) is 42.5 Å². The zero-order chi connectivity index (χ0) is 21.9. The van der Waals surface area contributed by atoms with Gasteiger partial charge in [-0.05, 0) is 29.7 Å². The molecule has 1 aliphatic rings. The van der Waals surface area contributed by atoms with Crippen molar-refractivity contribution in [1.82, 2.24) is 10.2 Å². The smallest absolute Gasteiger partial charge is 0.326 e. The summed E-state index contributed by atoms with van der Waals surface area (Å²) >= 11 is 0. The third kappa shape index (κ3) is 4.85. The van der Waals surface area contributed by atoms with Gasteiger partial charge in [0.05, 0.1) is 11.8 Å². The van der Waals surface area contributed by atoms with E-state index in [0.717, 1.165) is 22.3 Å². The predicted molar refractivity (Wildman–Crippen MR) is 111 cm³/mol. The molecule has 0 unspecified atom stereocenters. The lowest BCUT2D eigenvalue weighted by Crippen LogP contribution is -2.45. The van der Waals surface area contributed by atoms with E-state index in [9.17, 15) is 27.9 Å². The van der Waals surface area contributed by atoms with Crippen LogP contribution in [-0.4, -0.2) is 66.8 Å². The lowest BCUT2D eigenvalue weighted by Gasteiger charge is -2.21. The third-order valence-corrected chi connectivity index (χ3v) is 6.68. The van der Waals surface area contributed by atoms with Gasteiger partial charge in [0.1, 0.15) is 6.04 Å². The minimum absolute atomic E-state index is 0.158. The molecule has 2 N–H and O–H groups in total. The fourth-order valence-electron chi connectivity index (χ4n) is 3.42. The Morgan fingerprint density at radius 2 is 1.63 bits per heavy atom. The van der Waals surface area contributed by atoms with E-state index in [1.807, 2.05) is 30.3 Å². The van der Waals surface area contributed by atoms with E-state index in [4.69, 9.17) is 0 Å². The third-order valence-electron chi connectivity index (χ3n) is 5.13. The van der Waals surface area contributed by atoms with Crippen LogP contribution in [0.2, 0.25) is 0 Å². The standard InChI is InChI=1S/C21H22N2O6S/c1-30(28,29)17-11-18(21(26)27)23(13-17)19(24)12-22-20(25)16-9-7-15(8-10-16)14-5-3-2-4-6-14/h2-10,17-18H,11-13H2,1H3,(H,22,25)(H,26,27)/t17-,18+/m1/s1. The SMILES string of the molecule is CS(=O)(=O)[C@@H]1C[C@@H](C(=O)O)N(C(=O)CNC(=O)c2ccc(-c3ccccc3)cc2)C1. The van der Waals surface area contributed by atoms with Crippen LogP contribution in [0.3, 0.4) is 0 Å². The van der Waals surface area contributed by atoms with Gasteiger partial charge in [0.15, 0.2) is 9.84 Å². The van der Waals surface area contributed by atoms with Crippen molar-refractivity contribution in [3.05, 3.63) is 60.2 Å². The molecule has 0 bridgehead atoms. The average Bonchev–Trinajstić information content (AvgIpc) is 3.19. The molecule has 8 nitrogen and oxygen atoms in total. The highest BCUT2D eigenvalue weighted by atomic mass is 32.2. The van der Waals surface area contributed by atoms with Gasteiger partial charge in [0, 0.05) is 18.4 Å². The fourth-order valence-corrected chi connectivity index (χ4v) is 4.38. The molecule has 2 atom stereocenters. The summed E-state index contributed by atoms with van der Waals surface area (Å²) in [4.78, 5) is 37.2. The number of carbonyl (C=O) groups excluding carboxylic acids is 2. The molecular weight excluding hydrogens is 408 g/mol. The van der Waals surface area contributed by atoms with E-state index in [2.05, 4.69) is 5.32 Å². The summed E-state index contributed by atoms with van der Waals surface area (Å²) in [7, 11) is -3.48. The topological polar surface area (TPSA) is 121 Å². The van der Waals surface area contributed by atoms with Crippen LogP contribution < -0.4 is 5.32 Å². The van der Waals surface area contributed by atoms with E-state index >= 15 is 0 Å². The first-order valence-electron chi connectivity index (χ1n) is 9.31. The molecule has 0 radical (unpaired) electrons. The van der Waals surface area contributed by atoms with Gasteiger partial charge in [0.25, 0.3) is 5.91 Å². The molecule has 0 aliphatic carbocycles. The number of hydrogen-bond acceptors (Lipinski definition) is 5. The number of sulfone groups is 1. The van der Waals surface area contributed by atoms with Crippen molar-refractivity contribution in [2.45, 2.75) is 17.7 Å². The molecule has 3 rings (SSSR count). The van der Waals surface area contributed by atoms with E-state index in [-0.39, 0.29) is 13.0 Å². The lowest BCUT2D eigenvalue weighted by atomic mass is 10.0. The molecule has 2 aromatic rings. The zero-order valence-electron chi connectivity index (χ0n) is 16.3. The first kappa shape index (κ1) is 21.5. The molecule has 1 aliphatic heterocycles.